The summed E-state index contributed by atoms with van der Waals surface area (Å²) in [4.78, 5) is 21.5. The number of pyridine rings is 1. The van der Waals surface area contributed by atoms with E-state index in [1.807, 2.05) is 35.9 Å². The predicted octanol–water partition coefficient (Wildman–Crippen LogP) is 3.13. The third kappa shape index (κ3) is 4.21. The molecule has 1 aliphatic carbocycles. The number of carbonyl (C=O) groups excluding carboxylic acids is 1. The van der Waals surface area contributed by atoms with Gasteiger partial charge in [0.25, 0.3) is 0 Å². The van der Waals surface area contributed by atoms with Crippen molar-refractivity contribution >= 4 is 22.8 Å². The Bertz CT molecular complexity index is 1060. The first-order chi connectivity index (χ1) is 14.1. The van der Waals surface area contributed by atoms with Crippen LogP contribution >= 0.6 is 0 Å². The van der Waals surface area contributed by atoms with Gasteiger partial charge in [0.05, 0.1) is 29.2 Å². The fourth-order valence-electron chi connectivity index (χ4n) is 3.95. The second kappa shape index (κ2) is 8.31. The molecule has 7 nitrogen and oxygen atoms in total. The lowest BCUT2D eigenvalue weighted by atomic mass is 9.85. The van der Waals surface area contributed by atoms with E-state index in [2.05, 4.69) is 26.7 Å². The minimum atomic E-state index is 0.0288. The minimum absolute atomic E-state index is 0.0288. The van der Waals surface area contributed by atoms with Gasteiger partial charge < -0.3 is 15.2 Å². The molecule has 148 valence electrons. The Morgan fingerprint density at radius 2 is 2.03 bits per heavy atom. The van der Waals surface area contributed by atoms with Gasteiger partial charge in [-0.15, -0.1) is 0 Å². The van der Waals surface area contributed by atoms with Crippen LogP contribution in [0.2, 0.25) is 0 Å². The molecule has 2 heterocycles. The number of amides is 1. The van der Waals surface area contributed by atoms with Gasteiger partial charge in [0.15, 0.2) is 0 Å². The van der Waals surface area contributed by atoms with Gasteiger partial charge in [0.2, 0.25) is 5.91 Å². The third-order valence-electron chi connectivity index (χ3n) is 5.64. The molecule has 2 aromatic heterocycles. The van der Waals surface area contributed by atoms with E-state index in [0.717, 1.165) is 48.4 Å². The maximum atomic E-state index is 12.6. The molecule has 1 saturated carbocycles. The lowest BCUT2D eigenvalue weighted by Gasteiger charge is -2.28. The standard InChI is InChI=1S/C22H24N6O/c1-28-19-5-3-2-4-18(19)27-21(28)14-25-22(29)16-6-8-17(9-7-16)26-20-12-15(13-23)10-11-24-20/h2-5,10-12,16-17H,6-9,14H2,1H3,(H,24,26)(H,25,29). The van der Waals surface area contributed by atoms with Gasteiger partial charge in [-0.05, 0) is 49.9 Å². The van der Waals surface area contributed by atoms with Crippen LogP contribution in [-0.4, -0.2) is 26.5 Å². The third-order valence-corrected chi connectivity index (χ3v) is 5.64. The number of anilines is 1. The van der Waals surface area contributed by atoms with Crippen molar-refractivity contribution in [2.24, 2.45) is 13.0 Å². The van der Waals surface area contributed by atoms with Crippen molar-refractivity contribution in [3.8, 4) is 6.07 Å². The zero-order valence-corrected chi connectivity index (χ0v) is 16.4. The molecule has 29 heavy (non-hydrogen) atoms. The SMILES string of the molecule is Cn1c(CNC(=O)C2CCC(Nc3cc(C#N)ccn3)CC2)nc2ccccc21. The van der Waals surface area contributed by atoms with E-state index in [-0.39, 0.29) is 17.9 Å². The van der Waals surface area contributed by atoms with E-state index < -0.39 is 0 Å². The zero-order chi connectivity index (χ0) is 20.2. The normalized spacial score (nSPS) is 18.9. The van der Waals surface area contributed by atoms with Crippen LogP contribution in [0, 0.1) is 17.2 Å². The van der Waals surface area contributed by atoms with E-state index in [9.17, 15) is 4.79 Å². The number of nitriles is 1. The minimum Gasteiger partial charge on any atom is -0.367 e. The van der Waals surface area contributed by atoms with Crippen LogP contribution in [-0.2, 0) is 18.4 Å². The summed E-state index contributed by atoms with van der Waals surface area (Å²) in [6.07, 6.45) is 5.13. The highest BCUT2D eigenvalue weighted by Crippen LogP contribution is 2.26. The molecule has 0 unspecified atom stereocenters. The molecule has 0 bridgehead atoms. The Morgan fingerprint density at radius 3 is 2.79 bits per heavy atom. The quantitative estimate of drug-likeness (QED) is 0.700. The second-order valence-electron chi connectivity index (χ2n) is 7.53. The molecule has 0 saturated heterocycles. The summed E-state index contributed by atoms with van der Waals surface area (Å²) in [6, 6.07) is 13.8. The predicted molar refractivity (Wildman–Crippen MR) is 111 cm³/mol. The summed E-state index contributed by atoms with van der Waals surface area (Å²) in [7, 11) is 1.98. The van der Waals surface area contributed by atoms with Gasteiger partial charge in [-0.2, -0.15) is 5.26 Å². The second-order valence-corrected chi connectivity index (χ2v) is 7.53. The van der Waals surface area contributed by atoms with Crippen LogP contribution in [0.15, 0.2) is 42.6 Å². The highest BCUT2D eigenvalue weighted by Gasteiger charge is 2.26. The fourth-order valence-corrected chi connectivity index (χ4v) is 3.95. The molecule has 1 amide bonds. The van der Waals surface area contributed by atoms with Crippen LogP contribution < -0.4 is 10.6 Å². The molecule has 2 N–H and O–H groups in total. The van der Waals surface area contributed by atoms with E-state index >= 15 is 0 Å². The van der Waals surface area contributed by atoms with Crippen molar-refractivity contribution in [2.45, 2.75) is 38.3 Å². The van der Waals surface area contributed by atoms with Gasteiger partial charge in [-0.25, -0.2) is 9.97 Å². The molecule has 3 aromatic rings. The Hall–Kier alpha value is -3.40. The molecule has 4 rings (SSSR count). The Labute approximate surface area is 169 Å². The number of hydrogen-bond acceptors (Lipinski definition) is 5. The average molecular weight is 388 g/mol. The molecule has 0 aliphatic heterocycles. The van der Waals surface area contributed by atoms with Crippen molar-refractivity contribution in [1.82, 2.24) is 19.9 Å². The number of aromatic nitrogens is 3. The zero-order valence-electron chi connectivity index (χ0n) is 16.4. The van der Waals surface area contributed by atoms with E-state index in [4.69, 9.17) is 5.26 Å². The largest absolute Gasteiger partial charge is 0.367 e. The van der Waals surface area contributed by atoms with Crippen molar-refractivity contribution in [1.29, 1.82) is 5.26 Å². The first-order valence-corrected chi connectivity index (χ1v) is 9.95. The van der Waals surface area contributed by atoms with Gasteiger partial charge in [-0.1, -0.05) is 12.1 Å². The molecule has 0 radical (unpaired) electrons. The van der Waals surface area contributed by atoms with Crippen LogP contribution in [0.25, 0.3) is 11.0 Å². The van der Waals surface area contributed by atoms with E-state index in [1.54, 1.807) is 18.3 Å². The van der Waals surface area contributed by atoms with Crippen molar-refractivity contribution in [2.75, 3.05) is 5.32 Å². The molecule has 1 aliphatic rings. The molecule has 1 fully saturated rings. The number of imidazole rings is 1. The first-order valence-electron chi connectivity index (χ1n) is 9.95. The highest BCUT2D eigenvalue weighted by atomic mass is 16.1. The number of aryl methyl sites for hydroxylation is 1. The highest BCUT2D eigenvalue weighted by molar-refractivity contribution is 5.79. The molecule has 7 heteroatoms. The van der Waals surface area contributed by atoms with Crippen LogP contribution in [0.1, 0.15) is 37.1 Å². The number of nitrogens with zero attached hydrogens (tertiary/aromatic N) is 4. The summed E-state index contributed by atoms with van der Waals surface area (Å²) in [6.45, 7) is 0.438. The summed E-state index contributed by atoms with van der Waals surface area (Å²) >= 11 is 0. The number of benzene rings is 1. The van der Waals surface area contributed by atoms with Gasteiger partial charge in [0.1, 0.15) is 11.6 Å². The number of carbonyl (C=O) groups is 1. The number of para-hydroxylation sites is 2. The average Bonchev–Trinajstić information content (AvgIpc) is 3.08. The molecule has 0 spiro atoms. The number of rotatable bonds is 5. The molecule has 0 atom stereocenters. The monoisotopic (exact) mass is 388 g/mol. The lowest BCUT2D eigenvalue weighted by molar-refractivity contribution is -0.126. The number of hydrogen-bond donors (Lipinski definition) is 2. The van der Waals surface area contributed by atoms with Crippen molar-refractivity contribution in [3.63, 3.8) is 0 Å². The van der Waals surface area contributed by atoms with Crippen LogP contribution in [0.4, 0.5) is 5.82 Å². The number of nitrogens with one attached hydrogen (secondary N) is 2. The Balaban J connectivity index is 1.28. The maximum Gasteiger partial charge on any atom is 0.223 e. The molecule has 1 aromatic carbocycles. The fraction of sp³-hybridized carbons (Fsp3) is 0.364. The maximum absolute atomic E-state index is 12.6. The Morgan fingerprint density at radius 1 is 1.24 bits per heavy atom. The summed E-state index contributed by atoms with van der Waals surface area (Å²) in [5.41, 5.74) is 2.61. The first kappa shape index (κ1) is 18.9. The van der Waals surface area contributed by atoms with Crippen molar-refractivity contribution < 1.29 is 4.79 Å². The summed E-state index contributed by atoms with van der Waals surface area (Å²) < 4.78 is 2.03. The topological polar surface area (TPSA) is 95.6 Å². The van der Waals surface area contributed by atoms with Gasteiger partial charge >= 0.3 is 0 Å². The molecular formula is C22H24N6O. The lowest BCUT2D eigenvalue weighted by Crippen LogP contribution is -2.36. The molecular weight excluding hydrogens is 364 g/mol. The van der Waals surface area contributed by atoms with Crippen LogP contribution in [0.5, 0.6) is 0 Å². The summed E-state index contributed by atoms with van der Waals surface area (Å²) in [5, 5.41) is 15.4. The van der Waals surface area contributed by atoms with E-state index in [1.165, 1.54) is 0 Å². The van der Waals surface area contributed by atoms with Gasteiger partial charge in [-0.3, -0.25) is 4.79 Å². The smallest absolute Gasteiger partial charge is 0.223 e. The summed E-state index contributed by atoms with van der Waals surface area (Å²) in [5.74, 6) is 1.71. The Kier molecular flexibility index (Phi) is 5.43. The van der Waals surface area contributed by atoms with Crippen LogP contribution in [0.3, 0.4) is 0 Å². The van der Waals surface area contributed by atoms with E-state index in [0.29, 0.717) is 12.1 Å². The van der Waals surface area contributed by atoms with Gasteiger partial charge in [0, 0.05) is 25.2 Å². The number of fused-ring (bicyclic) bond motifs is 1. The van der Waals surface area contributed by atoms with Crippen molar-refractivity contribution in [3.05, 3.63) is 54.0 Å².